The predicted molar refractivity (Wildman–Crippen MR) is 202 cm³/mol. The monoisotopic (exact) mass is 728 g/mol. The molecule has 4 heterocycles. The molecular formula is C37H44B2N11O4+. The van der Waals surface area contributed by atoms with Crippen molar-refractivity contribution < 1.29 is 24.3 Å². The Kier molecular flexibility index (Phi) is 8.86. The minimum atomic E-state index is -1.56. The molecule has 0 spiro atoms. The highest BCUT2D eigenvalue weighted by Crippen LogP contribution is 2.45. The van der Waals surface area contributed by atoms with Crippen LogP contribution in [0.5, 0.6) is 0 Å². The van der Waals surface area contributed by atoms with Crippen LogP contribution >= 0.6 is 0 Å². The zero-order chi connectivity index (χ0) is 38.1. The molecule has 15 nitrogen and oxygen atoms in total. The van der Waals surface area contributed by atoms with Crippen LogP contribution in [-0.4, -0.2) is 97.5 Å². The van der Waals surface area contributed by atoms with Gasteiger partial charge in [-0.25, -0.2) is 0 Å². The van der Waals surface area contributed by atoms with Crippen LogP contribution in [0.2, 0.25) is 0 Å². The molecule has 0 bridgehead atoms. The second kappa shape index (κ2) is 13.4. The molecule has 3 saturated carbocycles. The minimum Gasteiger partial charge on any atom is -0.393 e. The molecule has 3 amide bonds. The molecule has 5 aliphatic rings. The number of hydrogen-bond acceptors (Lipinski definition) is 10. The SMILES string of the molecule is [B]C([B])(c1cccc(C(=O)N(C)C2CC2)[n+]1O)N1CC(n2ncc3c2CN(C)c2c(NC(/C=C(\N)NC(=O)C4CC4)=C(/N)C(=O)NC4CC4)cccc2-3)C1. The number of carbonyl (C=O) groups is 3. The van der Waals surface area contributed by atoms with Gasteiger partial charge in [-0.2, -0.15) is 5.10 Å². The van der Waals surface area contributed by atoms with E-state index >= 15 is 0 Å². The smallest absolute Gasteiger partial charge is 0.323 e. The molecule has 2 aromatic heterocycles. The molecule has 276 valence electrons. The number of para-hydroxylation sites is 1. The van der Waals surface area contributed by atoms with Crippen LogP contribution in [0.15, 0.2) is 65.9 Å². The molecule has 0 unspecified atom stereocenters. The maximum absolute atomic E-state index is 13.1. The van der Waals surface area contributed by atoms with Crippen molar-refractivity contribution in [1.29, 1.82) is 0 Å². The first-order chi connectivity index (χ1) is 25.8. The number of pyridine rings is 1. The standard InChI is InChI=1S/C37H43B2N11O4/c1-46-19-29-25(16-42-49(29)23-17-48(18-23)37(38,39)30-8-4-7-28(50(30)54)36(53)47(2)22-13-14-22)24-5-3-6-26(33(24)46)44-27(32(41)35(52)43-21-11-12-21)15-31(40)45-34(51)20-9-10-20/h3-8,15-16,20-23,41,54H,9-14,17-19H2,1-2H3,(H5,40,43,44,45,51,52,53)/p+1. The van der Waals surface area contributed by atoms with Gasteiger partial charge in [-0.1, -0.05) is 12.1 Å². The number of rotatable bonds is 12. The van der Waals surface area contributed by atoms with Crippen LogP contribution in [0.25, 0.3) is 11.1 Å². The highest BCUT2D eigenvalue weighted by molar-refractivity contribution is 6.39. The van der Waals surface area contributed by atoms with Crippen LogP contribution < -0.4 is 37.0 Å². The summed E-state index contributed by atoms with van der Waals surface area (Å²) in [7, 11) is 17.1. The molecule has 3 aliphatic carbocycles. The van der Waals surface area contributed by atoms with Gasteiger partial charge in [0.15, 0.2) is 0 Å². The first-order valence-corrected chi connectivity index (χ1v) is 18.4. The molecule has 0 atom stereocenters. The first kappa shape index (κ1) is 35.6. The number of nitrogens with two attached hydrogens (primary N) is 2. The van der Waals surface area contributed by atoms with Crippen LogP contribution in [0.3, 0.4) is 0 Å². The molecule has 2 aliphatic heterocycles. The Morgan fingerprint density at radius 1 is 1.04 bits per heavy atom. The number of benzene rings is 1. The summed E-state index contributed by atoms with van der Waals surface area (Å²) in [5.74, 6) is -0.822. The second-order valence-corrected chi connectivity index (χ2v) is 15.2. The van der Waals surface area contributed by atoms with Crippen LogP contribution in [0, 0.1) is 5.92 Å². The van der Waals surface area contributed by atoms with Crippen LogP contribution in [0.4, 0.5) is 11.4 Å². The predicted octanol–water partition coefficient (Wildman–Crippen LogP) is 0.450. The lowest BCUT2D eigenvalue weighted by molar-refractivity contribution is -0.912. The third kappa shape index (κ3) is 6.65. The van der Waals surface area contributed by atoms with Gasteiger partial charge in [0.05, 0.1) is 57.2 Å². The third-order valence-electron chi connectivity index (χ3n) is 11.0. The molecule has 4 radical (unpaired) electrons. The molecule has 1 aromatic carbocycles. The van der Waals surface area contributed by atoms with Crippen LogP contribution in [0.1, 0.15) is 66.4 Å². The lowest BCUT2D eigenvalue weighted by atomic mass is 9.57. The summed E-state index contributed by atoms with van der Waals surface area (Å²) in [4.78, 5) is 44.2. The molecule has 54 heavy (non-hydrogen) atoms. The zero-order valence-corrected chi connectivity index (χ0v) is 30.5. The van der Waals surface area contributed by atoms with Crippen molar-refractivity contribution in [2.24, 2.45) is 17.4 Å². The number of fused-ring (bicyclic) bond motifs is 3. The average Bonchev–Trinajstić information content (AvgIpc) is 3.97. The fourth-order valence-corrected chi connectivity index (χ4v) is 7.23. The van der Waals surface area contributed by atoms with Gasteiger partial charge in [0.2, 0.25) is 11.6 Å². The van der Waals surface area contributed by atoms with Gasteiger partial charge in [0.25, 0.3) is 5.91 Å². The van der Waals surface area contributed by atoms with E-state index in [2.05, 4.69) is 20.9 Å². The van der Waals surface area contributed by atoms with Crippen molar-refractivity contribution in [3.63, 3.8) is 0 Å². The summed E-state index contributed by atoms with van der Waals surface area (Å²) in [5.41, 5.74) is 17.6. The average molecular weight is 728 g/mol. The Balaban J connectivity index is 1.02. The Morgan fingerprint density at radius 3 is 2.44 bits per heavy atom. The minimum absolute atomic E-state index is 0.0452. The van der Waals surface area contributed by atoms with E-state index in [1.807, 2.05) is 41.0 Å². The third-order valence-corrected chi connectivity index (χ3v) is 11.0. The highest BCUT2D eigenvalue weighted by Gasteiger charge is 2.46. The number of nitrogens with zero attached hydrogens (tertiary/aromatic N) is 6. The Labute approximate surface area is 316 Å². The molecule has 4 fully saturated rings. The molecule has 17 heteroatoms. The number of aromatic nitrogens is 3. The molecule has 8 N–H and O–H groups in total. The van der Waals surface area contributed by atoms with E-state index < -0.39 is 11.2 Å². The fourth-order valence-electron chi connectivity index (χ4n) is 7.23. The van der Waals surface area contributed by atoms with Crippen molar-refractivity contribution in [3.8, 4) is 11.1 Å². The number of allylic oxidation sites excluding steroid dienone is 1. The summed E-state index contributed by atoms with van der Waals surface area (Å²) in [6.45, 7) is 1.44. The molecule has 3 aromatic rings. The fraction of sp³-hybridized carbons (Fsp3) is 0.432. The summed E-state index contributed by atoms with van der Waals surface area (Å²) in [5, 5.41) is 23.4. The Hall–Kier alpha value is -5.44. The number of amides is 3. The zero-order valence-electron chi connectivity index (χ0n) is 30.5. The Bertz CT molecular complexity index is 2100. The molecule has 1 saturated heterocycles. The number of anilines is 2. The normalized spacial score (nSPS) is 19.2. The van der Waals surface area contributed by atoms with Gasteiger partial charge >= 0.3 is 11.6 Å². The number of carbonyl (C=O) groups excluding carboxylic acids is 3. The van der Waals surface area contributed by atoms with Crippen LogP contribution in [-0.2, 0) is 21.5 Å². The lowest BCUT2D eigenvalue weighted by Gasteiger charge is -2.48. The number of hydrogen-bond donors (Lipinski definition) is 6. The van der Waals surface area contributed by atoms with E-state index in [1.54, 1.807) is 30.1 Å². The van der Waals surface area contributed by atoms with E-state index in [1.165, 1.54) is 6.08 Å². The Morgan fingerprint density at radius 2 is 1.76 bits per heavy atom. The maximum Gasteiger partial charge on any atom is 0.323 e. The quantitative estimate of drug-likeness (QED) is 0.0502. The van der Waals surface area contributed by atoms with E-state index in [9.17, 15) is 19.6 Å². The topological polar surface area (TPSA) is 191 Å². The highest BCUT2D eigenvalue weighted by atomic mass is 16.5. The van der Waals surface area contributed by atoms with Crippen molar-refractivity contribution in [3.05, 3.63) is 83.0 Å². The van der Waals surface area contributed by atoms with Crippen molar-refractivity contribution in [2.45, 2.75) is 68.5 Å². The van der Waals surface area contributed by atoms with E-state index in [0.717, 1.165) is 65.8 Å². The number of likely N-dealkylation sites (tertiary alicyclic amines) is 1. The first-order valence-electron chi connectivity index (χ1n) is 18.4. The largest absolute Gasteiger partial charge is 0.393 e. The van der Waals surface area contributed by atoms with E-state index in [4.69, 9.17) is 32.3 Å². The van der Waals surface area contributed by atoms with Crippen molar-refractivity contribution in [1.82, 2.24) is 30.2 Å². The van der Waals surface area contributed by atoms with Gasteiger partial charge in [-0.05, 0) is 50.7 Å². The van der Waals surface area contributed by atoms with E-state index in [0.29, 0.717) is 25.3 Å². The lowest BCUT2D eigenvalue weighted by Crippen LogP contribution is -2.63. The van der Waals surface area contributed by atoms with Gasteiger partial charge in [0.1, 0.15) is 11.5 Å². The van der Waals surface area contributed by atoms with Gasteiger partial charge in [0, 0.05) is 84.6 Å². The van der Waals surface area contributed by atoms with Gasteiger partial charge in [-0.3, -0.25) is 24.3 Å². The summed E-state index contributed by atoms with van der Waals surface area (Å²) in [6.07, 6.45) is 8.68. The molecular weight excluding hydrogens is 684 g/mol. The second-order valence-electron chi connectivity index (χ2n) is 15.2. The summed E-state index contributed by atoms with van der Waals surface area (Å²) < 4.78 is 2.81. The van der Waals surface area contributed by atoms with Gasteiger partial charge < -0.3 is 42.1 Å². The van der Waals surface area contributed by atoms with Crippen molar-refractivity contribution >= 4 is 44.8 Å². The van der Waals surface area contributed by atoms with E-state index in [-0.39, 0.29) is 64.5 Å². The summed E-state index contributed by atoms with van der Waals surface area (Å²) >= 11 is 0. The number of nitrogens with one attached hydrogen (secondary N) is 3. The summed E-state index contributed by atoms with van der Waals surface area (Å²) in [6, 6.07) is 10.9. The molecule has 8 rings (SSSR count). The van der Waals surface area contributed by atoms with Gasteiger partial charge in [-0.15, -0.1) is 0 Å². The maximum atomic E-state index is 13.1. The van der Waals surface area contributed by atoms with Crippen molar-refractivity contribution in [2.75, 3.05) is 37.4 Å².